The molecule has 5 aromatic carbocycles. The molecule has 0 aliphatic heterocycles. The number of hydrogen-bond acceptors (Lipinski definition) is 25. The minimum Gasteiger partial charge on any atom is -0.397 e. The predicted molar refractivity (Wildman–Crippen MR) is 573 cm³/mol. The molecule has 19 aromatic heterocycles. The van der Waals surface area contributed by atoms with Gasteiger partial charge in [-0.25, -0.2) is 32.7 Å². The van der Waals surface area contributed by atoms with Gasteiger partial charge >= 0.3 is 0 Å². The number of H-pyrrole nitrogens is 8. The van der Waals surface area contributed by atoms with Crippen LogP contribution in [0.3, 0.4) is 0 Å². The maximum absolute atomic E-state index is 14.6. The second-order valence-electron chi connectivity index (χ2n) is 36.0. The maximum Gasteiger partial charge on any atom is 0.224 e. The minimum atomic E-state index is -3.19. The molecule has 1 aliphatic rings. The van der Waals surface area contributed by atoms with Crippen LogP contribution < -0.4 is 21.7 Å². The topological polar surface area (TPSA) is 463 Å². The Bertz CT molecular complexity index is 9040. The van der Waals surface area contributed by atoms with E-state index in [1.165, 1.54) is 44.1 Å². The number of carbonyl (C=O) groups is 2. The lowest BCUT2D eigenvalue weighted by Gasteiger charge is -2.11. The fourth-order valence-corrected chi connectivity index (χ4v) is 21.0. The smallest absolute Gasteiger partial charge is 0.224 e. The van der Waals surface area contributed by atoms with Gasteiger partial charge in [-0.05, 0) is 196 Å². The summed E-state index contributed by atoms with van der Waals surface area (Å²) in [6.45, 7) is 7.70. The number of rotatable bonds is 24. The van der Waals surface area contributed by atoms with Crippen molar-refractivity contribution in [3.63, 3.8) is 0 Å². The van der Waals surface area contributed by atoms with Gasteiger partial charge in [0.1, 0.15) is 55.0 Å². The van der Waals surface area contributed by atoms with Crippen molar-refractivity contribution in [2.75, 3.05) is 34.9 Å². The Kier molecular flexibility index (Phi) is 25.8. The van der Waals surface area contributed by atoms with E-state index in [0.717, 1.165) is 194 Å². The second-order valence-corrected chi connectivity index (χ2v) is 41.1. The molecule has 0 spiro atoms. The molecular formula is C108H91FN28O4S4. The number of pyridine rings is 8. The number of hydrogen-bond donors (Lipinski definition) is 12. The van der Waals surface area contributed by atoms with Crippen molar-refractivity contribution >= 4 is 160 Å². The molecule has 0 unspecified atom stereocenters. The number of aromatic nitrogens is 24. The van der Waals surface area contributed by atoms with Crippen LogP contribution in [0.2, 0.25) is 0 Å². The molecule has 1 fully saturated rings. The van der Waals surface area contributed by atoms with Crippen molar-refractivity contribution in [1.82, 2.24) is 126 Å². The van der Waals surface area contributed by atoms with Gasteiger partial charge in [-0.3, -0.25) is 69.9 Å². The van der Waals surface area contributed by atoms with Crippen molar-refractivity contribution in [3.8, 4) is 133 Å². The molecule has 0 atom stereocenters. The highest BCUT2D eigenvalue weighted by Gasteiger charge is 2.25. The molecule has 32 nitrogen and oxygen atoms in total. The van der Waals surface area contributed by atoms with E-state index in [1.54, 1.807) is 108 Å². The van der Waals surface area contributed by atoms with Gasteiger partial charge in [0, 0.05) is 168 Å². The van der Waals surface area contributed by atoms with Crippen molar-refractivity contribution in [2.45, 2.75) is 72.3 Å². The van der Waals surface area contributed by atoms with E-state index >= 15 is 0 Å². The summed E-state index contributed by atoms with van der Waals surface area (Å²) in [6.07, 6.45) is 35.9. The van der Waals surface area contributed by atoms with Crippen LogP contribution in [-0.2, 0) is 32.4 Å². The quantitative estimate of drug-likeness (QED) is 0.0267. The fourth-order valence-electron chi connectivity index (χ4n) is 18.1. The van der Waals surface area contributed by atoms with Gasteiger partial charge in [0.15, 0.2) is 23.3 Å². The third-order valence-corrected chi connectivity index (χ3v) is 28.9. The zero-order valence-corrected chi connectivity index (χ0v) is 81.8. The normalized spacial score (nSPS) is 12.3. The number of aromatic amines is 8. The Hall–Kier alpha value is -17.3. The van der Waals surface area contributed by atoms with E-state index in [4.69, 9.17) is 25.7 Å². The number of sulfone groups is 1. The molecular weight excluding hydrogens is 1900 g/mol. The first-order valence-electron chi connectivity index (χ1n) is 47.0. The Morgan fingerprint density at radius 3 is 1.19 bits per heavy atom. The number of thiophene rings is 3. The lowest BCUT2D eigenvalue weighted by molar-refractivity contribution is -0.117. The van der Waals surface area contributed by atoms with Crippen LogP contribution in [-0.4, -0.2) is 159 Å². The molecule has 0 saturated heterocycles. The van der Waals surface area contributed by atoms with Crippen molar-refractivity contribution in [2.24, 2.45) is 11.8 Å². The first-order valence-corrected chi connectivity index (χ1v) is 51.7. The average molecular weight is 1990 g/mol. The zero-order valence-electron chi connectivity index (χ0n) is 78.5. The number of amides is 2. The van der Waals surface area contributed by atoms with Gasteiger partial charge < -0.3 is 41.6 Å². The third kappa shape index (κ3) is 20.2. The van der Waals surface area contributed by atoms with Crippen LogP contribution in [0.25, 0.3) is 221 Å². The molecule has 24 aromatic rings. The highest BCUT2D eigenvalue weighted by Crippen LogP contribution is 2.42. The average Bonchev–Trinajstić information content (AvgIpc) is 1.61. The summed E-state index contributed by atoms with van der Waals surface area (Å²) >= 11 is 4.99. The van der Waals surface area contributed by atoms with E-state index < -0.39 is 15.7 Å². The summed E-state index contributed by atoms with van der Waals surface area (Å²) in [6, 6.07) is 49.2. The largest absolute Gasteiger partial charge is 0.397 e. The first-order chi connectivity index (χ1) is 70.8. The number of aryl methyl sites for hydroxylation is 1. The number of carbonyl (C=O) groups excluding carboxylic acids is 2. The Morgan fingerprint density at radius 2 is 0.793 bits per heavy atom. The van der Waals surface area contributed by atoms with Crippen LogP contribution in [0.15, 0.2) is 267 Å². The van der Waals surface area contributed by atoms with Gasteiger partial charge in [0.25, 0.3) is 0 Å². The Labute approximate surface area is 838 Å². The SMILES string of the molecule is CC(C)CC(=O)Nc1cncc(-c2ccc3[nH]nc(-c4nc5c(-c6cccs6)cncc5[nH]4)c3c2)c1.CCC(=O)Nc1cncc(-c2ccc3[nH]nc(-c4nc5c(-c6cccs6)cncc5[nH]4)c3c2)c1.CS(=O)(=O)CCc1cc(F)cc(-c2cncc3[nH]c(-c4n[nH]c5ccc(-c6cncc(CNCC7CCCC7)c6)cc45)nc23)c1.Nc1cncc(-c2ccc3[nH]nc(-c4nc5c(-c6cccs6)cncc5[nH]4)c3c2)c1. The van der Waals surface area contributed by atoms with Gasteiger partial charge in [-0.2, -0.15) is 20.4 Å². The summed E-state index contributed by atoms with van der Waals surface area (Å²) in [7, 11) is -3.19. The standard InChI is InChI=1S/C34H34FN7O2S.C27H23N7OS.C25H19N7OS.C22H15N7S/c1-45(43,44)9-8-22-10-25(13-27(35)12-22)29-19-38-20-31-32(29)40-34(39-31)33-28-14-24(6-7-30(28)41-42-33)26-11-23(17-37-18-26)16-36-15-21-4-2-3-5-21;1-15(2)8-24(35)30-18-9-17(11-28-12-18)16-5-6-21-19(10-16)26(34-33-21)27-31-22-14-29-13-20(25(22)32-27)23-4-3-7-36-23;1-2-22(33)28-16-8-15(10-26-11-16)14-5-6-19-17(9-14)24(32-31-19)25-29-20-13-27-12-18(23(20)30-25)21-4-3-7-34-21;23-14-6-13(8-24-9-14)12-3-4-17-15(7-12)21(29-28-17)22-26-18-11-25-10-16(20(18)27-22)19-2-1-5-30-19/h6-7,10-14,17-21,36H,2-5,8-9,15-16H2,1H3,(H,39,40)(H,41,42);3-7,9-15H,8H2,1-2H3,(H,30,35)(H,31,32)(H,33,34);3-13H,2H2,1H3,(H,28,33)(H,29,30)(H,31,32);1-11H,23H2,(H,26,27)(H,28,29). The number of nitrogens with one attached hydrogen (secondary N) is 11. The number of nitrogens with two attached hydrogens (primary N) is 1. The van der Waals surface area contributed by atoms with Gasteiger partial charge in [0.05, 0.1) is 110 Å². The molecule has 25 rings (SSSR count). The summed E-state index contributed by atoms with van der Waals surface area (Å²) in [5, 5.41) is 50.0. The molecule has 13 N–H and O–H groups in total. The van der Waals surface area contributed by atoms with Crippen LogP contribution >= 0.6 is 34.0 Å². The minimum absolute atomic E-state index is 0.0159. The van der Waals surface area contributed by atoms with Crippen molar-refractivity contribution in [1.29, 1.82) is 0 Å². The lowest BCUT2D eigenvalue weighted by atomic mass is 10.0. The van der Waals surface area contributed by atoms with E-state index in [-0.39, 0.29) is 24.0 Å². The van der Waals surface area contributed by atoms with E-state index in [9.17, 15) is 22.4 Å². The highest BCUT2D eigenvalue weighted by molar-refractivity contribution is 7.90. The Morgan fingerprint density at radius 1 is 0.414 bits per heavy atom. The molecule has 145 heavy (non-hydrogen) atoms. The molecule has 0 bridgehead atoms. The fraction of sp³-hybridized carbons (Fsp3) is 0.148. The van der Waals surface area contributed by atoms with Crippen molar-refractivity contribution < 1.29 is 22.4 Å². The summed E-state index contributed by atoms with van der Waals surface area (Å²) in [5.74, 6) is 3.10. The molecule has 718 valence electrons. The number of halogens is 1. The number of nitrogens with zero attached hydrogens (tertiary/aromatic N) is 16. The molecule has 1 saturated carbocycles. The molecule has 37 heteroatoms. The number of fused-ring (bicyclic) bond motifs is 8. The van der Waals surface area contributed by atoms with E-state index in [0.29, 0.717) is 92.5 Å². The van der Waals surface area contributed by atoms with Gasteiger partial charge in [0.2, 0.25) is 11.8 Å². The van der Waals surface area contributed by atoms with Gasteiger partial charge in [-0.15, -0.1) is 34.0 Å². The maximum atomic E-state index is 14.6. The van der Waals surface area contributed by atoms with Crippen LogP contribution in [0.1, 0.15) is 70.4 Å². The van der Waals surface area contributed by atoms with E-state index in [1.807, 2.05) is 141 Å². The Balaban J connectivity index is 0.000000111. The summed E-state index contributed by atoms with van der Waals surface area (Å²) in [4.78, 5) is 95.3. The van der Waals surface area contributed by atoms with Crippen LogP contribution in [0.5, 0.6) is 0 Å². The van der Waals surface area contributed by atoms with Crippen molar-refractivity contribution in [3.05, 3.63) is 284 Å². The van der Waals surface area contributed by atoms with Crippen LogP contribution in [0.4, 0.5) is 21.5 Å². The highest BCUT2D eigenvalue weighted by atomic mass is 32.2. The monoisotopic (exact) mass is 1990 g/mol. The number of imidazole rings is 4. The third-order valence-electron chi connectivity index (χ3n) is 25.2. The number of nitrogen functional groups attached to an aromatic ring is 1. The molecule has 1 aliphatic carbocycles. The summed E-state index contributed by atoms with van der Waals surface area (Å²) < 4.78 is 38.0. The number of anilines is 3. The number of benzene rings is 5. The zero-order chi connectivity index (χ0) is 98.8. The second kappa shape index (κ2) is 40.4. The van der Waals surface area contributed by atoms with E-state index in [2.05, 4.69) is 177 Å². The predicted octanol–water partition coefficient (Wildman–Crippen LogP) is 23.0. The molecule has 2 amide bonds. The van der Waals surface area contributed by atoms with Crippen LogP contribution in [0, 0.1) is 17.7 Å². The van der Waals surface area contributed by atoms with Gasteiger partial charge in [-0.1, -0.05) is 82.1 Å². The summed E-state index contributed by atoms with van der Waals surface area (Å²) in [5.41, 5.74) is 34.6. The lowest BCUT2D eigenvalue weighted by Crippen LogP contribution is -2.20. The molecule has 19 heterocycles. The molecule has 0 radical (unpaired) electrons. The first kappa shape index (κ1) is 92.7.